The minimum atomic E-state index is -0.785. The number of imide groups is 1. The number of hydrogen-bond donors (Lipinski definition) is 2. The van der Waals surface area contributed by atoms with Gasteiger partial charge in [-0.15, -0.1) is 0 Å². The molecule has 2 saturated heterocycles. The van der Waals surface area contributed by atoms with Crippen molar-refractivity contribution in [3.05, 3.63) is 95.6 Å². The van der Waals surface area contributed by atoms with Crippen LogP contribution in [-0.2, 0) is 22.7 Å². The number of rotatable bonds is 7. The van der Waals surface area contributed by atoms with Crippen molar-refractivity contribution in [3.63, 3.8) is 0 Å². The molecular weight excluding hydrogens is 627 g/mol. The zero-order valence-corrected chi connectivity index (χ0v) is 26.5. The van der Waals surface area contributed by atoms with E-state index < -0.39 is 23.7 Å². The van der Waals surface area contributed by atoms with Gasteiger partial charge in [0.1, 0.15) is 41.2 Å². The van der Waals surface area contributed by atoms with E-state index in [0.29, 0.717) is 40.4 Å². The van der Waals surface area contributed by atoms with Gasteiger partial charge < -0.3 is 15.4 Å². The largest absolute Gasteiger partial charge is 0.457 e. The molecule has 3 amide bonds. The number of anilines is 1. The van der Waals surface area contributed by atoms with E-state index in [1.54, 1.807) is 0 Å². The quantitative estimate of drug-likeness (QED) is 0.239. The molecular formula is C36H33FN8O4. The molecule has 2 aromatic heterocycles. The summed E-state index contributed by atoms with van der Waals surface area (Å²) < 4.78 is 23.2. The molecule has 0 bridgehead atoms. The van der Waals surface area contributed by atoms with Gasteiger partial charge in [-0.05, 0) is 72.9 Å². The predicted octanol–water partition coefficient (Wildman–Crippen LogP) is 4.61. The Balaban J connectivity index is 0.963. The maximum Gasteiger partial charge on any atom is 0.258 e. The number of halogens is 1. The molecule has 2 fully saturated rings. The number of amides is 3. The van der Waals surface area contributed by atoms with Crippen molar-refractivity contribution in [3.8, 4) is 22.8 Å². The van der Waals surface area contributed by atoms with E-state index >= 15 is 4.39 Å². The van der Waals surface area contributed by atoms with Crippen LogP contribution in [0.25, 0.3) is 22.3 Å². The van der Waals surface area contributed by atoms with E-state index in [2.05, 4.69) is 20.2 Å². The Morgan fingerprint density at radius 2 is 1.69 bits per heavy atom. The second kappa shape index (κ2) is 12.4. The molecule has 5 heterocycles. The van der Waals surface area contributed by atoms with E-state index in [4.69, 9.17) is 15.6 Å². The Labute approximate surface area is 280 Å². The lowest BCUT2D eigenvalue weighted by molar-refractivity contribution is -0.136. The van der Waals surface area contributed by atoms with Crippen molar-refractivity contribution >= 4 is 34.6 Å². The number of nitrogens with zero attached hydrogens (tertiary/aromatic N) is 6. The maximum atomic E-state index is 15.3. The number of piperidine rings is 2. The average molecular weight is 661 g/mol. The molecule has 5 aromatic rings. The molecule has 8 rings (SSSR count). The lowest BCUT2D eigenvalue weighted by Crippen LogP contribution is -2.52. The first-order valence-electron chi connectivity index (χ1n) is 16.3. The number of nitrogen functional groups attached to an aromatic ring is 1. The summed E-state index contributed by atoms with van der Waals surface area (Å²) >= 11 is 0. The number of carbonyl (C=O) groups is 3. The van der Waals surface area contributed by atoms with Crippen LogP contribution >= 0.6 is 0 Å². The number of para-hydroxylation sites is 1. The number of hydrogen-bond acceptors (Lipinski definition) is 9. The standard InChI is InChI=1S/C36H33FN8O4/c37-27-17-21(16-23-19-44(36(48)30(23)27)28-10-11-29(46)41-35(28)47)18-43-14-12-24(13-15-43)45-34-31(33(38)39-20-40-34)32(42-45)22-6-8-26(9-7-22)49-25-4-2-1-3-5-25/h1-9,16-17,20,24,28H,10-15,18-19H2,(H2,38,39,40)(H,41,46,47)/t28-/m0/s1. The van der Waals surface area contributed by atoms with Gasteiger partial charge in [0.05, 0.1) is 17.0 Å². The van der Waals surface area contributed by atoms with Crippen LogP contribution in [0.5, 0.6) is 11.5 Å². The van der Waals surface area contributed by atoms with Gasteiger partial charge in [0.15, 0.2) is 5.65 Å². The molecule has 3 aliphatic heterocycles. The molecule has 1 atom stereocenters. The molecule has 49 heavy (non-hydrogen) atoms. The van der Waals surface area contributed by atoms with Gasteiger partial charge in [-0.3, -0.25) is 24.6 Å². The lowest BCUT2D eigenvalue weighted by atomic mass is 10.0. The summed E-state index contributed by atoms with van der Waals surface area (Å²) in [5.41, 5.74) is 9.96. The van der Waals surface area contributed by atoms with Gasteiger partial charge in [-0.2, -0.15) is 5.10 Å². The topological polar surface area (TPSA) is 149 Å². The van der Waals surface area contributed by atoms with E-state index in [9.17, 15) is 14.4 Å². The zero-order chi connectivity index (χ0) is 33.6. The van der Waals surface area contributed by atoms with E-state index in [-0.39, 0.29) is 36.9 Å². The van der Waals surface area contributed by atoms with E-state index in [0.717, 1.165) is 42.8 Å². The van der Waals surface area contributed by atoms with Gasteiger partial charge in [-0.25, -0.2) is 19.0 Å². The number of fused-ring (bicyclic) bond motifs is 2. The van der Waals surface area contributed by atoms with Gasteiger partial charge in [0.2, 0.25) is 11.8 Å². The van der Waals surface area contributed by atoms with Crippen LogP contribution in [0.1, 0.15) is 53.2 Å². The van der Waals surface area contributed by atoms with Gasteiger partial charge in [0.25, 0.3) is 5.91 Å². The third-order valence-electron chi connectivity index (χ3n) is 9.57. The fraction of sp³-hybridized carbons (Fsp3) is 0.278. The number of aromatic nitrogens is 4. The molecule has 0 saturated carbocycles. The smallest absolute Gasteiger partial charge is 0.258 e. The van der Waals surface area contributed by atoms with Gasteiger partial charge in [0, 0.05) is 38.2 Å². The van der Waals surface area contributed by atoms with Crippen molar-refractivity contribution in [2.75, 3.05) is 18.8 Å². The van der Waals surface area contributed by atoms with Crippen molar-refractivity contribution in [2.45, 2.75) is 50.9 Å². The monoisotopic (exact) mass is 660 g/mol. The summed E-state index contributed by atoms with van der Waals surface area (Å²) in [6, 6.07) is 19.8. The van der Waals surface area contributed by atoms with Crippen molar-refractivity contribution in [2.24, 2.45) is 0 Å². The fourth-order valence-corrected chi connectivity index (χ4v) is 7.15. The van der Waals surface area contributed by atoms with Crippen LogP contribution in [0.3, 0.4) is 0 Å². The molecule has 3 N–H and O–H groups in total. The highest BCUT2D eigenvalue weighted by molar-refractivity contribution is 6.05. The van der Waals surface area contributed by atoms with Crippen molar-refractivity contribution < 1.29 is 23.5 Å². The number of likely N-dealkylation sites (tertiary alicyclic amines) is 1. The first-order chi connectivity index (χ1) is 23.8. The third kappa shape index (κ3) is 5.75. The molecule has 248 valence electrons. The molecule has 12 nitrogen and oxygen atoms in total. The highest BCUT2D eigenvalue weighted by Crippen LogP contribution is 2.36. The Hall–Kier alpha value is -5.69. The normalized spacial score (nSPS) is 18.6. The van der Waals surface area contributed by atoms with Crippen LogP contribution in [0, 0.1) is 5.82 Å². The van der Waals surface area contributed by atoms with Crippen molar-refractivity contribution in [1.29, 1.82) is 0 Å². The van der Waals surface area contributed by atoms with Gasteiger partial charge in [-0.1, -0.05) is 24.3 Å². The minimum Gasteiger partial charge on any atom is -0.457 e. The third-order valence-corrected chi connectivity index (χ3v) is 9.57. The number of carbonyl (C=O) groups excluding carboxylic acids is 3. The van der Waals surface area contributed by atoms with Crippen LogP contribution in [0.4, 0.5) is 10.2 Å². The summed E-state index contributed by atoms with van der Waals surface area (Å²) in [4.78, 5) is 49.5. The number of ether oxygens (including phenoxy) is 1. The molecule has 0 unspecified atom stereocenters. The van der Waals surface area contributed by atoms with Crippen LogP contribution < -0.4 is 15.8 Å². The molecule has 3 aromatic carbocycles. The van der Waals surface area contributed by atoms with E-state index in [1.165, 1.54) is 17.3 Å². The summed E-state index contributed by atoms with van der Waals surface area (Å²) in [5.74, 6) is -0.157. The molecule has 0 radical (unpaired) electrons. The second-order valence-electron chi connectivity index (χ2n) is 12.7. The lowest BCUT2D eigenvalue weighted by Gasteiger charge is -2.32. The average Bonchev–Trinajstić information content (AvgIpc) is 3.65. The summed E-state index contributed by atoms with van der Waals surface area (Å²) in [7, 11) is 0. The maximum absolute atomic E-state index is 15.3. The van der Waals surface area contributed by atoms with Crippen LogP contribution in [-0.4, -0.2) is 66.4 Å². The molecule has 13 heteroatoms. The molecule has 3 aliphatic rings. The molecule has 0 spiro atoms. The number of nitrogens with two attached hydrogens (primary N) is 1. The van der Waals surface area contributed by atoms with Crippen molar-refractivity contribution in [1.82, 2.24) is 34.9 Å². The van der Waals surface area contributed by atoms with Crippen LogP contribution in [0.2, 0.25) is 0 Å². The zero-order valence-electron chi connectivity index (χ0n) is 26.5. The predicted molar refractivity (Wildman–Crippen MR) is 178 cm³/mol. The first kappa shape index (κ1) is 30.6. The van der Waals surface area contributed by atoms with E-state index in [1.807, 2.05) is 65.3 Å². The highest BCUT2D eigenvalue weighted by atomic mass is 19.1. The summed E-state index contributed by atoms with van der Waals surface area (Å²) in [5, 5.41) is 8.01. The Bertz CT molecular complexity index is 2090. The number of nitrogens with one attached hydrogen (secondary N) is 1. The minimum absolute atomic E-state index is 0.00754. The van der Waals surface area contributed by atoms with Crippen LogP contribution in [0.15, 0.2) is 73.1 Å². The second-order valence-corrected chi connectivity index (χ2v) is 12.7. The Kier molecular flexibility index (Phi) is 7.75. The fourth-order valence-electron chi connectivity index (χ4n) is 7.15. The summed E-state index contributed by atoms with van der Waals surface area (Å²) in [6.45, 7) is 2.14. The number of benzene rings is 3. The Morgan fingerprint density at radius 1 is 0.939 bits per heavy atom. The van der Waals surface area contributed by atoms with Gasteiger partial charge >= 0.3 is 0 Å². The Morgan fingerprint density at radius 3 is 2.45 bits per heavy atom. The SMILES string of the molecule is Nc1ncnc2c1c(-c1ccc(Oc3ccccc3)cc1)nn2C1CCN(Cc2cc(F)c3c(c2)CN([C@H]2CCC(=O)NC2=O)C3=O)CC1. The highest BCUT2D eigenvalue weighted by Gasteiger charge is 2.40. The summed E-state index contributed by atoms with van der Waals surface area (Å²) in [6.07, 6.45) is 3.42. The first-order valence-corrected chi connectivity index (χ1v) is 16.3. The molecule has 0 aliphatic carbocycles.